The number of rotatable bonds is 4. The van der Waals surface area contributed by atoms with Gasteiger partial charge in [-0.05, 0) is 48.4 Å². The largest absolute Gasteiger partial charge is 0.417 e. The summed E-state index contributed by atoms with van der Waals surface area (Å²) in [5.41, 5.74) is -0.990. The van der Waals surface area contributed by atoms with Gasteiger partial charge in [-0.3, -0.25) is 14.9 Å². The molecular formula is C18H17ClF3N3O3. The molecular weight excluding hydrogens is 399 g/mol. The zero-order valence-electron chi connectivity index (χ0n) is 14.7. The summed E-state index contributed by atoms with van der Waals surface area (Å²) in [6.07, 6.45) is -2.78. The van der Waals surface area contributed by atoms with E-state index in [9.17, 15) is 27.6 Å². The van der Waals surface area contributed by atoms with E-state index in [-0.39, 0.29) is 37.8 Å². The van der Waals surface area contributed by atoms with E-state index < -0.39 is 34.2 Å². The molecule has 28 heavy (non-hydrogen) atoms. The highest BCUT2D eigenvalue weighted by molar-refractivity contribution is 6.31. The highest BCUT2D eigenvalue weighted by atomic mass is 35.5. The second-order valence-electron chi connectivity index (χ2n) is 7.50. The quantitative estimate of drug-likeness (QED) is 0.742. The fraction of sp³-hybridized carbons (Fsp3) is 0.500. The Hall–Kier alpha value is -2.29. The van der Waals surface area contributed by atoms with Crippen molar-refractivity contribution in [3.63, 3.8) is 0 Å². The maximum absolute atomic E-state index is 13.0. The SMILES string of the molecule is O=C1NC(=O)C(CCC(=O)N2Cc3cc(Cl)c(C(F)(F)F)cc3C2)(C2CC2)N1. The van der Waals surface area contributed by atoms with Crippen molar-refractivity contribution in [1.82, 2.24) is 15.5 Å². The smallest absolute Gasteiger partial charge is 0.334 e. The molecule has 2 aliphatic heterocycles. The Bertz CT molecular complexity index is 885. The molecule has 1 aliphatic carbocycles. The number of hydrogen-bond donors (Lipinski definition) is 2. The lowest BCUT2D eigenvalue weighted by atomic mass is 9.88. The van der Waals surface area contributed by atoms with Gasteiger partial charge in [0.15, 0.2) is 0 Å². The Morgan fingerprint density at radius 1 is 1.21 bits per heavy atom. The first kappa shape index (κ1) is 19.0. The molecule has 1 aromatic carbocycles. The third-order valence-electron chi connectivity index (χ3n) is 5.65. The minimum absolute atomic E-state index is 0.00988. The number of alkyl halides is 3. The van der Waals surface area contributed by atoms with E-state index in [4.69, 9.17) is 11.6 Å². The summed E-state index contributed by atoms with van der Waals surface area (Å²) < 4.78 is 39.1. The van der Waals surface area contributed by atoms with Crippen LogP contribution in [-0.2, 0) is 28.9 Å². The van der Waals surface area contributed by atoms with Gasteiger partial charge in [-0.2, -0.15) is 13.2 Å². The van der Waals surface area contributed by atoms with Crippen LogP contribution in [0.15, 0.2) is 12.1 Å². The molecule has 0 spiro atoms. The number of halogens is 4. The average Bonchev–Trinajstić information content (AvgIpc) is 3.30. The van der Waals surface area contributed by atoms with Gasteiger partial charge in [-0.25, -0.2) is 4.79 Å². The van der Waals surface area contributed by atoms with Gasteiger partial charge in [-0.15, -0.1) is 0 Å². The van der Waals surface area contributed by atoms with Crippen LogP contribution in [0.3, 0.4) is 0 Å². The van der Waals surface area contributed by atoms with E-state index in [2.05, 4.69) is 10.6 Å². The van der Waals surface area contributed by atoms with Crippen LogP contribution < -0.4 is 10.6 Å². The summed E-state index contributed by atoms with van der Waals surface area (Å²) in [7, 11) is 0. The second kappa shape index (κ2) is 6.37. The molecule has 1 aromatic rings. The molecule has 3 aliphatic rings. The van der Waals surface area contributed by atoms with Crippen LogP contribution in [0.1, 0.15) is 42.4 Å². The van der Waals surface area contributed by atoms with Gasteiger partial charge >= 0.3 is 12.2 Å². The van der Waals surface area contributed by atoms with E-state index >= 15 is 0 Å². The Labute approximate surface area is 163 Å². The summed E-state index contributed by atoms with van der Waals surface area (Å²) in [6.45, 7) is 0.227. The minimum atomic E-state index is -4.56. The average molecular weight is 416 g/mol. The number of nitrogens with zero attached hydrogens (tertiary/aromatic N) is 1. The fourth-order valence-corrected chi connectivity index (χ4v) is 4.32. The molecule has 2 N–H and O–H groups in total. The van der Waals surface area contributed by atoms with E-state index in [0.717, 1.165) is 18.9 Å². The topological polar surface area (TPSA) is 78.5 Å². The molecule has 10 heteroatoms. The number of hydrogen-bond acceptors (Lipinski definition) is 3. The standard InChI is InChI=1S/C18H17ClF3N3O3/c19-13-6-10-8-25(7-9(10)5-12(13)18(20,21)22)14(26)3-4-17(11-1-2-11)15(27)23-16(28)24-17/h5-6,11H,1-4,7-8H2,(H2,23,24,27,28). The molecule has 1 unspecified atom stereocenters. The van der Waals surface area contributed by atoms with Crippen molar-refractivity contribution < 1.29 is 27.6 Å². The molecule has 0 aromatic heterocycles. The maximum atomic E-state index is 13.0. The van der Waals surface area contributed by atoms with Crippen LogP contribution in [0.2, 0.25) is 5.02 Å². The Kier molecular flexibility index (Phi) is 4.33. The van der Waals surface area contributed by atoms with Crippen molar-refractivity contribution in [2.24, 2.45) is 5.92 Å². The first-order valence-electron chi connectivity index (χ1n) is 8.90. The van der Waals surface area contributed by atoms with Crippen LogP contribution in [0.4, 0.5) is 18.0 Å². The van der Waals surface area contributed by atoms with Crippen molar-refractivity contribution in [3.8, 4) is 0 Å². The molecule has 1 saturated carbocycles. The van der Waals surface area contributed by atoms with E-state index in [1.165, 1.54) is 11.0 Å². The van der Waals surface area contributed by atoms with Gasteiger partial charge in [0, 0.05) is 19.5 Å². The number of nitrogens with one attached hydrogen (secondary N) is 2. The first-order valence-corrected chi connectivity index (χ1v) is 9.28. The minimum Gasteiger partial charge on any atom is -0.334 e. The fourth-order valence-electron chi connectivity index (χ4n) is 4.03. The molecule has 4 amide bonds. The van der Waals surface area contributed by atoms with Crippen molar-refractivity contribution in [2.75, 3.05) is 0 Å². The van der Waals surface area contributed by atoms with Gasteiger partial charge in [0.05, 0.1) is 10.6 Å². The summed E-state index contributed by atoms with van der Waals surface area (Å²) in [5, 5.41) is 4.50. The number of amides is 4. The van der Waals surface area contributed by atoms with Gasteiger partial charge < -0.3 is 10.2 Å². The van der Waals surface area contributed by atoms with E-state index in [0.29, 0.717) is 11.1 Å². The number of carbonyl (C=O) groups is 3. The van der Waals surface area contributed by atoms with Crippen LogP contribution in [-0.4, -0.2) is 28.3 Å². The predicted molar refractivity (Wildman–Crippen MR) is 92.1 cm³/mol. The molecule has 0 bridgehead atoms. The van der Waals surface area contributed by atoms with Crippen molar-refractivity contribution in [2.45, 2.75) is 50.5 Å². The number of carbonyl (C=O) groups excluding carboxylic acids is 3. The highest BCUT2D eigenvalue weighted by Gasteiger charge is 2.55. The molecule has 2 fully saturated rings. The van der Waals surface area contributed by atoms with Gasteiger partial charge in [-0.1, -0.05) is 11.6 Å². The second-order valence-corrected chi connectivity index (χ2v) is 7.91. The molecule has 6 nitrogen and oxygen atoms in total. The Morgan fingerprint density at radius 3 is 2.39 bits per heavy atom. The number of imide groups is 1. The third-order valence-corrected chi connectivity index (χ3v) is 5.96. The monoisotopic (exact) mass is 415 g/mol. The van der Waals surface area contributed by atoms with Crippen molar-refractivity contribution in [3.05, 3.63) is 33.8 Å². The van der Waals surface area contributed by atoms with E-state index in [1.807, 2.05) is 0 Å². The van der Waals surface area contributed by atoms with Crippen LogP contribution >= 0.6 is 11.6 Å². The number of benzene rings is 1. The summed E-state index contributed by atoms with van der Waals surface area (Å²) >= 11 is 5.75. The molecule has 0 radical (unpaired) electrons. The zero-order chi connectivity index (χ0) is 20.3. The lowest BCUT2D eigenvalue weighted by molar-refractivity contribution is -0.137. The van der Waals surface area contributed by atoms with Crippen molar-refractivity contribution in [1.29, 1.82) is 0 Å². The van der Waals surface area contributed by atoms with E-state index in [1.54, 1.807) is 0 Å². The molecule has 4 rings (SSSR count). The maximum Gasteiger partial charge on any atom is 0.417 e. The Morgan fingerprint density at radius 2 is 1.86 bits per heavy atom. The highest BCUT2D eigenvalue weighted by Crippen LogP contribution is 2.44. The van der Waals surface area contributed by atoms with Crippen molar-refractivity contribution >= 4 is 29.4 Å². The molecule has 150 valence electrons. The molecule has 1 saturated heterocycles. The zero-order valence-corrected chi connectivity index (χ0v) is 15.4. The number of fused-ring (bicyclic) bond motifs is 1. The first-order chi connectivity index (χ1) is 13.1. The van der Waals surface area contributed by atoms with Crippen LogP contribution in [0.5, 0.6) is 0 Å². The van der Waals surface area contributed by atoms with Crippen LogP contribution in [0.25, 0.3) is 0 Å². The normalized spacial score (nSPS) is 24.2. The van der Waals surface area contributed by atoms with Gasteiger partial charge in [0.25, 0.3) is 5.91 Å². The lowest BCUT2D eigenvalue weighted by Gasteiger charge is -2.26. The summed E-state index contributed by atoms with van der Waals surface area (Å²) in [5.74, 6) is -0.690. The predicted octanol–water partition coefficient (Wildman–Crippen LogP) is 2.97. The molecule has 1 atom stereocenters. The lowest BCUT2D eigenvalue weighted by Crippen LogP contribution is -2.49. The Balaban J connectivity index is 1.45. The van der Waals surface area contributed by atoms with Gasteiger partial charge in [0.2, 0.25) is 5.91 Å². The number of urea groups is 1. The molecule has 2 heterocycles. The summed E-state index contributed by atoms with van der Waals surface area (Å²) in [6, 6.07) is 1.68. The van der Waals surface area contributed by atoms with Gasteiger partial charge in [0.1, 0.15) is 5.54 Å². The van der Waals surface area contributed by atoms with Crippen LogP contribution in [0, 0.1) is 5.92 Å². The third kappa shape index (κ3) is 3.21. The summed E-state index contributed by atoms with van der Waals surface area (Å²) in [4.78, 5) is 37.9.